The first-order chi connectivity index (χ1) is 8.36. The fourth-order valence-electron chi connectivity index (χ4n) is 1.74. The van der Waals surface area contributed by atoms with Crippen molar-refractivity contribution in [1.82, 2.24) is 0 Å². The molecule has 0 saturated heterocycles. The molecule has 0 aromatic heterocycles. The normalized spacial score (nSPS) is 13.4. The number of hydrogen-bond donors (Lipinski definition) is 1. The van der Waals surface area contributed by atoms with E-state index in [-0.39, 0.29) is 5.56 Å². The van der Waals surface area contributed by atoms with E-state index in [1.54, 1.807) is 6.08 Å². The molecule has 0 aliphatic heterocycles. The van der Waals surface area contributed by atoms with Crippen LogP contribution in [-0.4, -0.2) is 0 Å². The number of benzene rings is 1. The maximum atomic E-state index is 13.0. The molecule has 0 spiro atoms. The van der Waals surface area contributed by atoms with Gasteiger partial charge in [-0.2, -0.15) is 13.2 Å². The van der Waals surface area contributed by atoms with E-state index in [1.165, 1.54) is 0 Å². The van der Waals surface area contributed by atoms with Crippen molar-refractivity contribution >= 4 is 0 Å². The number of nitrogens with two attached hydrogens (primary N) is 1. The van der Waals surface area contributed by atoms with Crippen LogP contribution in [0.1, 0.15) is 36.4 Å². The van der Waals surface area contributed by atoms with Gasteiger partial charge in [0.25, 0.3) is 0 Å². The standard InChI is InChI=1S/C13H15F4N/c1-2-3-4-5-12(18)10-8-9(14)6-7-11(10)13(15,16)17/h2,6-8,12H,1,3-5,18H2. The lowest BCUT2D eigenvalue weighted by atomic mass is 9.96. The second-order valence-electron chi connectivity index (χ2n) is 4.06. The Morgan fingerprint density at radius 2 is 2.00 bits per heavy atom. The van der Waals surface area contributed by atoms with Crippen molar-refractivity contribution in [2.75, 3.05) is 0 Å². The van der Waals surface area contributed by atoms with Gasteiger partial charge in [-0.05, 0) is 43.0 Å². The molecule has 2 N–H and O–H groups in total. The van der Waals surface area contributed by atoms with Gasteiger partial charge in [0.2, 0.25) is 0 Å². The Morgan fingerprint density at radius 3 is 2.56 bits per heavy atom. The number of halogens is 4. The molecule has 1 atom stereocenters. The summed E-state index contributed by atoms with van der Waals surface area (Å²) in [5.41, 5.74) is 4.65. The lowest BCUT2D eigenvalue weighted by Gasteiger charge is -2.18. The first kappa shape index (κ1) is 14.7. The summed E-state index contributed by atoms with van der Waals surface area (Å²) in [6.45, 7) is 3.52. The molecule has 1 nitrogen and oxygen atoms in total. The topological polar surface area (TPSA) is 26.0 Å². The molecule has 0 amide bonds. The summed E-state index contributed by atoms with van der Waals surface area (Å²) in [6.07, 6.45) is -1.19. The third kappa shape index (κ3) is 3.84. The van der Waals surface area contributed by atoms with Gasteiger partial charge in [-0.1, -0.05) is 6.08 Å². The Bertz CT molecular complexity index is 412. The number of alkyl halides is 3. The van der Waals surface area contributed by atoms with Crippen LogP contribution in [0, 0.1) is 5.82 Å². The van der Waals surface area contributed by atoms with Crippen LogP contribution in [-0.2, 0) is 6.18 Å². The van der Waals surface area contributed by atoms with Crippen LogP contribution in [0.15, 0.2) is 30.9 Å². The second-order valence-corrected chi connectivity index (χ2v) is 4.06. The van der Waals surface area contributed by atoms with E-state index in [1.807, 2.05) is 0 Å². The first-order valence-corrected chi connectivity index (χ1v) is 5.59. The number of allylic oxidation sites excluding steroid dienone is 1. The Morgan fingerprint density at radius 1 is 1.33 bits per heavy atom. The molecule has 1 aromatic rings. The molecule has 1 aromatic carbocycles. The minimum absolute atomic E-state index is 0.188. The quantitative estimate of drug-likeness (QED) is 0.480. The van der Waals surface area contributed by atoms with E-state index in [0.717, 1.165) is 18.2 Å². The predicted octanol–water partition coefficient (Wildman–Crippen LogP) is 4.20. The highest BCUT2D eigenvalue weighted by Gasteiger charge is 2.34. The summed E-state index contributed by atoms with van der Waals surface area (Å²) < 4.78 is 51.2. The summed E-state index contributed by atoms with van der Waals surface area (Å²) in [7, 11) is 0. The van der Waals surface area contributed by atoms with E-state index in [9.17, 15) is 17.6 Å². The van der Waals surface area contributed by atoms with E-state index in [4.69, 9.17) is 5.73 Å². The van der Waals surface area contributed by atoms with Gasteiger partial charge in [0.15, 0.2) is 0 Å². The average molecular weight is 261 g/mol. The van der Waals surface area contributed by atoms with Crippen LogP contribution >= 0.6 is 0 Å². The Balaban J connectivity index is 2.98. The highest BCUT2D eigenvalue weighted by atomic mass is 19.4. The van der Waals surface area contributed by atoms with Gasteiger partial charge in [0, 0.05) is 6.04 Å². The van der Waals surface area contributed by atoms with E-state index < -0.39 is 23.6 Å². The van der Waals surface area contributed by atoms with Crippen molar-refractivity contribution in [3.8, 4) is 0 Å². The molecule has 0 aliphatic rings. The van der Waals surface area contributed by atoms with Crippen LogP contribution < -0.4 is 5.73 Å². The summed E-state index contributed by atoms with van der Waals surface area (Å²) in [4.78, 5) is 0. The molecule has 0 bridgehead atoms. The summed E-state index contributed by atoms with van der Waals surface area (Å²) in [5.74, 6) is -0.711. The fraction of sp³-hybridized carbons (Fsp3) is 0.385. The van der Waals surface area contributed by atoms with Crippen molar-refractivity contribution < 1.29 is 17.6 Å². The van der Waals surface area contributed by atoms with Gasteiger partial charge in [-0.25, -0.2) is 4.39 Å². The van der Waals surface area contributed by atoms with Gasteiger partial charge in [0.05, 0.1) is 5.56 Å². The summed E-state index contributed by atoms with van der Waals surface area (Å²) >= 11 is 0. The molecule has 1 rings (SSSR count). The van der Waals surface area contributed by atoms with Gasteiger partial charge < -0.3 is 5.73 Å². The molecular formula is C13H15F4N. The molecule has 18 heavy (non-hydrogen) atoms. The Hall–Kier alpha value is -1.36. The molecule has 1 unspecified atom stereocenters. The predicted molar refractivity (Wildman–Crippen MR) is 62.4 cm³/mol. The number of unbranched alkanes of at least 4 members (excludes halogenated alkanes) is 1. The SMILES string of the molecule is C=CCCCC(N)c1cc(F)ccc1C(F)(F)F. The summed E-state index contributed by atoms with van der Waals surface area (Å²) in [5, 5.41) is 0. The molecule has 5 heteroatoms. The monoisotopic (exact) mass is 261 g/mol. The van der Waals surface area contributed by atoms with Crippen LogP contribution in [0.25, 0.3) is 0 Å². The van der Waals surface area contributed by atoms with Gasteiger partial charge >= 0.3 is 6.18 Å². The number of hydrogen-bond acceptors (Lipinski definition) is 1. The lowest BCUT2D eigenvalue weighted by molar-refractivity contribution is -0.138. The Labute approximate surface area is 103 Å². The lowest BCUT2D eigenvalue weighted by Crippen LogP contribution is -2.17. The number of rotatable bonds is 5. The molecule has 100 valence electrons. The minimum Gasteiger partial charge on any atom is -0.324 e. The Kier molecular flexibility index (Phi) is 4.90. The third-order valence-electron chi connectivity index (χ3n) is 2.64. The second kappa shape index (κ2) is 6.00. The van der Waals surface area contributed by atoms with Crippen LogP contribution in [0.5, 0.6) is 0 Å². The third-order valence-corrected chi connectivity index (χ3v) is 2.64. The highest BCUT2D eigenvalue weighted by Crippen LogP contribution is 2.35. The largest absolute Gasteiger partial charge is 0.416 e. The minimum atomic E-state index is -4.51. The van der Waals surface area contributed by atoms with Crippen molar-refractivity contribution in [2.24, 2.45) is 5.73 Å². The van der Waals surface area contributed by atoms with E-state index in [2.05, 4.69) is 6.58 Å². The smallest absolute Gasteiger partial charge is 0.324 e. The summed E-state index contributed by atoms with van der Waals surface area (Å²) in [6, 6.07) is 1.57. The molecule has 0 fully saturated rings. The zero-order chi connectivity index (χ0) is 13.8. The maximum Gasteiger partial charge on any atom is 0.416 e. The first-order valence-electron chi connectivity index (χ1n) is 5.59. The molecule has 0 heterocycles. The molecule has 0 saturated carbocycles. The zero-order valence-corrected chi connectivity index (χ0v) is 9.80. The van der Waals surface area contributed by atoms with Gasteiger partial charge in [-0.3, -0.25) is 0 Å². The van der Waals surface area contributed by atoms with Crippen molar-refractivity contribution in [1.29, 1.82) is 0 Å². The maximum absolute atomic E-state index is 13.0. The van der Waals surface area contributed by atoms with Crippen LogP contribution in [0.3, 0.4) is 0 Å². The van der Waals surface area contributed by atoms with E-state index >= 15 is 0 Å². The molecule has 0 aliphatic carbocycles. The van der Waals surface area contributed by atoms with Crippen LogP contribution in [0.4, 0.5) is 17.6 Å². The van der Waals surface area contributed by atoms with Crippen molar-refractivity contribution in [3.63, 3.8) is 0 Å². The van der Waals surface area contributed by atoms with Crippen LogP contribution in [0.2, 0.25) is 0 Å². The van der Waals surface area contributed by atoms with Gasteiger partial charge in [-0.15, -0.1) is 6.58 Å². The van der Waals surface area contributed by atoms with Gasteiger partial charge in [0.1, 0.15) is 5.82 Å². The molecule has 0 radical (unpaired) electrons. The highest BCUT2D eigenvalue weighted by molar-refractivity contribution is 5.32. The average Bonchev–Trinajstić information content (AvgIpc) is 2.27. The fourth-order valence-corrected chi connectivity index (χ4v) is 1.74. The molecular weight excluding hydrogens is 246 g/mol. The zero-order valence-electron chi connectivity index (χ0n) is 9.80. The van der Waals surface area contributed by atoms with Crippen molar-refractivity contribution in [3.05, 3.63) is 47.8 Å². The van der Waals surface area contributed by atoms with Crippen molar-refractivity contribution in [2.45, 2.75) is 31.5 Å². The van der Waals surface area contributed by atoms with E-state index in [0.29, 0.717) is 19.3 Å².